The number of hydrogen-bond donors (Lipinski definition) is 4. The smallest absolute Gasteiger partial charge is 0.142 e. The molecule has 33 heavy (non-hydrogen) atoms. The maximum Gasteiger partial charge on any atom is 0.142 e. The van der Waals surface area contributed by atoms with Gasteiger partial charge >= 0.3 is 0 Å². The Morgan fingerprint density at radius 3 is 2.55 bits per heavy atom. The largest absolute Gasteiger partial charge is 0.357 e. The zero-order chi connectivity index (χ0) is 22.8. The summed E-state index contributed by atoms with van der Waals surface area (Å²) >= 11 is 0. The molecule has 1 aliphatic heterocycles. The Hall–Kier alpha value is -2.77. The van der Waals surface area contributed by atoms with E-state index >= 15 is 0 Å². The highest BCUT2D eigenvalue weighted by atomic mass is 19.1. The highest BCUT2D eigenvalue weighted by Crippen LogP contribution is 2.40. The summed E-state index contributed by atoms with van der Waals surface area (Å²) in [5.41, 5.74) is 10.7. The van der Waals surface area contributed by atoms with Crippen LogP contribution in [-0.4, -0.2) is 30.5 Å². The second kappa shape index (κ2) is 9.61. The molecule has 2 heterocycles. The molecule has 1 saturated carbocycles. The first-order valence-electron chi connectivity index (χ1n) is 11.9. The number of rotatable bonds is 5. The highest BCUT2D eigenvalue weighted by Gasteiger charge is 2.34. The van der Waals surface area contributed by atoms with Crippen molar-refractivity contribution in [3.63, 3.8) is 0 Å². The average Bonchev–Trinajstić information content (AvgIpc) is 3.20. The van der Waals surface area contributed by atoms with E-state index in [-0.39, 0.29) is 23.7 Å². The van der Waals surface area contributed by atoms with Gasteiger partial charge in [-0.2, -0.15) is 0 Å². The number of H-pyrrole nitrogens is 1. The first-order chi connectivity index (χ1) is 16.1. The summed E-state index contributed by atoms with van der Waals surface area (Å²) < 4.78 is 27.1. The molecule has 7 heteroatoms. The maximum absolute atomic E-state index is 13.9. The van der Waals surface area contributed by atoms with Gasteiger partial charge in [0.25, 0.3) is 0 Å². The standard InChI is InChI=1S/C26H31F2N5/c1-29-26(17-7-9-18(27)10-8-17)33-30-15-20-14-22-21-12-11-19(28)13-23(21)32-25(22)24(31-20)16-5-3-2-4-6-16/h7-13,16,20,24,30-32H,2-6,14-15H2,1H3,(H,29,33)/t20-,24?/m1/s1. The second-order valence-corrected chi connectivity index (χ2v) is 9.24. The average molecular weight is 452 g/mol. The van der Waals surface area contributed by atoms with Gasteiger partial charge in [0.2, 0.25) is 0 Å². The molecule has 0 spiro atoms. The molecule has 0 saturated heterocycles. The molecule has 0 amide bonds. The number of aliphatic imine (C=N–C) groups is 1. The van der Waals surface area contributed by atoms with E-state index in [0.29, 0.717) is 18.3 Å². The molecule has 1 aromatic heterocycles. The van der Waals surface area contributed by atoms with E-state index in [1.807, 2.05) is 6.07 Å². The summed E-state index contributed by atoms with van der Waals surface area (Å²) in [6.07, 6.45) is 7.14. The molecule has 0 radical (unpaired) electrons. The fraction of sp³-hybridized carbons (Fsp3) is 0.423. The molecule has 2 aliphatic rings. The number of nitrogens with one attached hydrogen (secondary N) is 4. The minimum atomic E-state index is -0.267. The van der Waals surface area contributed by atoms with Crippen molar-refractivity contribution in [3.8, 4) is 0 Å². The Morgan fingerprint density at radius 2 is 1.79 bits per heavy atom. The van der Waals surface area contributed by atoms with E-state index < -0.39 is 0 Å². The molecule has 0 bridgehead atoms. The third kappa shape index (κ3) is 4.66. The molecule has 174 valence electrons. The van der Waals surface area contributed by atoms with Gasteiger partial charge in [-0.05, 0) is 73.2 Å². The number of hydrazine groups is 1. The number of nitrogens with zero attached hydrogens (tertiary/aromatic N) is 1. The van der Waals surface area contributed by atoms with E-state index in [9.17, 15) is 8.78 Å². The SMILES string of the molecule is CN=C(NNC[C@H]1Cc2c([nH]c3cc(F)ccc23)C(C2CCCCC2)N1)c1ccc(F)cc1. The van der Waals surface area contributed by atoms with Gasteiger partial charge in [-0.1, -0.05) is 19.3 Å². The van der Waals surface area contributed by atoms with Gasteiger partial charge in [0.15, 0.2) is 0 Å². The lowest BCUT2D eigenvalue weighted by atomic mass is 9.79. The molecular weight excluding hydrogens is 420 g/mol. The van der Waals surface area contributed by atoms with E-state index in [0.717, 1.165) is 22.9 Å². The number of amidine groups is 1. The lowest BCUT2D eigenvalue weighted by Gasteiger charge is -2.38. The Kier molecular flexibility index (Phi) is 6.42. The molecule has 5 nitrogen and oxygen atoms in total. The second-order valence-electron chi connectivity index (χ2n) is 9.24. The van der Waals surface area contributed by atoms with E-state index in [4.69, 9.17) is 0 Å². The summed E-state index contributed by atoms with van der Waals surface area (Å²) in [5.74, 6) is 0.769. The van der Waals surface area contributed by atoms with Crippen LogP contribution >= 0.6 is 0 Å². The zero-order valence-corrected chi connectivity index (χ0v) is 18.9. The molecule has 1 fully saturated rings. The van der Waals surface area contributed by atoms with Crippen molar-refractivity contribution in [1.29, 1.82) is 0 Å². The van der Waals surface area contributed by atoms with Crippen molar-refractivity contribution in [3.05, 3.63) is 70.9 Å². The Morgan fingerprint density at radius 1 is 1.03 bits per heavy atom. The van der Waals surface area contributed by atoms with Gasteiger partial charge in [-0.3, -0.25) is 4.99 Å². The van der Waals surface area contributed by atoms with Gasteiger partial charge in [0, 0.05) is 41.8 Å². The van der Waals surface area contributed by atoms with Gasteiger partial charge in [-0.15, -0.1) is 0 Å². The van der Waals surface area contributed by atoms with Crippen LogP contribution in [0.1, 0.15) is 55.0 Å². The molecule has 5 rings (SSSR count). The van der Waals surface area contributed by atoms with Crippen molar-refractivity contribution in [2.24, 2.45) is 10.9 Å². The predicted octanol–water partition coefficient (Wildman–Crippen LogP) is 4.75. The van der Waals surface area contributed by atoms with Gasteiger partial charge in [-0.25, -0.2) is 14.2 Å². The molecular formula is C26H31F2N5. The third-order valence-corrected chi connectivity index (χ3v) is 7.10. The van der Waals surface area contributed by atoms with Crippen LogP contribution in [0.2, 0.25) is 0 Å². The summed E-state index contributed by atoms with van der Waals surface area (Å²) in [5, 5.41) is 5.00. The van der Waals surface area contributed by atoms with Crippen LogP contribution in [0.4, 0.5) is 8.78 Å². The lowest BCUT2D eigenvalue weighted by Crippen LogP contribution is -2.51. The first-order valence-corrected chi connectivity index (χ1v) is 11.9. The zero-order valence-electron chi connectivity index (χ0n) is 18.9. The Bertz CT molecular complexity index is 1130. The molecule has 1 aliphatic carbocycles. The van der Waals surface area contributed by atoms with Crippen molar-refractivity contribution < 1.29 is 8.78 Å². The quantitative estimate of drug-likeness (QED) is 0.257. The number of aromatic nitrogens is 1. The molecule has 4 N–H and O–H groups in total. The van der Waals surface area contributed by atoms with Crippen LogP contribution in [0, 0.1) is 17.6 Å². The predicted molar refractivity (Wildman–Crippen MR) is 128 cm³/mol. The van der Waals surface area contributed by atoms with Gasteiger partial charge < -0.3 is 15.7 Å². The monoisotopic (exact) mass is 451 g/mol. The number of halogens is 2. The summed E-state index contributed by atoms with van der Waals surface area (Å²) in [4.78, 5) is 7.84. The number of fused-ring (bicyclic) bond motifs is 3. The topological polar surface area (TPSA) is 64.2 Å². The molecule has 2 aromatic carbocycles. The van der Waals surface area contributed by atoms with Gasteiger partial charge in [0.1, 0.15) is 17.5 Å². The van der Waals surface area contributed by atoms with Crippen LogP contribution in [0.5, 0.6) is 0 Å². The minimum absolute atomic E-state index is 0.210. The van der Waals surface area contributed by atoms with Crippen LogP contribution in [0.15, 0.2) is 47.5 Å². The van der Waals surface area contributed by atoms with Crippen LogP contribution in [-0.2, 0) is 6.42 Å². The summed E-state index contributed by atoms with van der Waals surface area (Å²) in [7, 11) is 1.71. The van der Waals surface area contributed by atoms with Crippen LogP contribution < -0.4 is 16.2 Å². The normalized spacial score (nSPS) is 21.8. The fourth-order valence-electron chi connectivity index (χ4n) is 5.47. The maximum atomic E-state index is 13.9. The van der Waals surface area contributed by atoms with E-state index in [1.165, 1.54) is 55.5 Å². The minimum Gasteiger partial charge on any atom is -0.357 e. The third-order valence-electron chi connectivity index (χ3n) is 7.10. The lowest BCUT2D eigenvalue weighted by molar-refractivity contribution is 0.235. The van der Waals surface area contributed by atoms with Gasteiger partial charge in [0.05, 0.1) is 6.04 Å². The Balaban J connectivity index is 1.33. The van der Waals surface area contributed by atoms with Crippen molar-refractivity contribution in [2.75, 3.05) is 13.6 Å². The van der Waals surface area contributed by atoms with Crippen molar-refractivity contribution >= 4 is 16.7 Å². The van der Waals surface area contributed by atoms with E-state index in [2.05, 4.69) is 26.1 Å². The van der Waals surface area contributed by atoms with Crippen molar-refractivity contribution in [1.82, 2.24) is 21.2 Å². The highest BCUT2D eigenvalue weighted by molar-refractivity contribution is 5.98. The van der Waals surface area contributed by atoms with Crippen LogP contribution in [0.3, 0.4) is 0 Å². The Labute approximate surface area is 193 Å². The molecule has 1 unspecified atom stereocenters. The van der Waals surface area contributed by atoms with E-state index in [1.54, 1.807) is 31.3 Å². The number of hydrogen-bond acceptors (Lipinski definition) is 3. The van der Waals surface area contributed by atoms with Crippen LogP contribution in [0.25, 0.3) is 10.9 Å². The van der Waals surface area contributed by atoms with Crippen molar-refractivity contribution in [2.45, 2.75) is 50.6 Å². The summed E-state index contributed by atoms with van der Waals surface area (Å²) in [6, 6.07) is 11.8. The number of aromatic amines is 1. The molecule has 3 aromatic rings. The molecule has 2 atom stereocenters. The first kappa shape index (κ1) is 22.0. The fourth-order valence-corrected chi connectivity index (χ4v) is 5.47. The number of benzene rings is 2. The summed E-state index contributed by atoms with van der Waals surface area (Å²) in [6.45, 7) is 0.691.